The summed E-state index contributed by atoms with van der Waals surface area (Å²) in [6.07, 6.45) is -0.994. The fourth-order valence-corrected chi connectivity index (χ4v) is 2.82. The number of nitrogens with zero attached hydrogens (tertiary/aromatic N) is 4. The van der Waals surface area contributed by atoms with Crippen LogP contribution in [0.25, 0.3) is 5.65 Å². The normalized spacial score (nSPS) is 18.4. The Morgan fingerprint density at radius 2 is 2.09 bits per heavy atom. The summed E-state index contributed by atoms with van der Waals surface area (Å²) in [7, 11) is 0. The Balaban J connectivity index is 2.01. The molecule has 1 atom stereocenters. The second-order valence-electron chi connectivity index (χ2n) is 5.68. The van der Waals surface area contributed by atoms with Crippen molar-refractivity contribution < 1.29 is 19.4 Å². The van der Waals surface area contributed by atoms with Crippen LogP contribution in [0.5, 0.6) is 0 Å². The van der Waals surface area contributed by atoms with E-state index in [9.17, 15) is 9.59 Å². The van der Waals surface area contributed by atoms with Crippen LogP contribution in [0.4, 0.5) is 0 Å². The molecule has 1 amide bonds. The number of rotatable bonds is 2. The SMILES string of the molecule is Cc1cc(C)n2nc(C)c(C(=O)N3CCO[C@H](C(=O)O)C3)c2n1. The van der Waals surface area contributed by atoms with E-state index in [1.807, 2.05) is 19.9 Å². The first-order valence-electron chi connectivity index (χ1n) is 7.35. The molecule has 0 aromatic carbocycles. The van der Waals surface area contributed by atoms with Crippen LogP contribution in [0.15, 0.2) is 6.07 Å². The van der Waals surface area contributed by atoms with E-state index in [1.54, 1.807) is 11.4 Å². The van der Waals surface area contributed by atoms with E-state index in [-0.39, 0.29) is 19.1 Å². The van der Waals surface area contributed by atoms with Gasteiger partial charge in [-0.15, -0.1) is 0 Å². The number of morpholine rings is 1. The lowest BCUT2D eigenvalue weighted by atomic mass is 10.2. The first-order chi connectivity index (χ1) is 10.9. The van der Waals surface area contributed by atoms with E-state index in [4.69, 9.17) is 9.84 Å². The largest absolute Gasteiger partial charge is 0.479 e. The van der Waals surface area contributed by atoms with E-state index in [0.717, 1.165) is 11.4 Å². The Morgan fingerprint density at radius 3 is 2.78 bits per heavy atom. The molecule has 1 fully saturated rings. The van der Waals surface area contributed by atoms with Gasteiger partial charge in [0.05, 0.1) is 18.8 Å². The van der Waals surface area contributed by atoms with E-state index in [0.29, 0.717) is 23.4 Å². The minimum absolute atomic E-state index is 0.0236. The molecule has 1 aliphatic rings. The van der Waals surface area contributed by atoms with Gasteiger partial charge in [0.1, 0.15) is 5.56 Å². The van der Waals surface area contributed by atoms with Gasteiger partial charge in [0.2, 0.25) is 0 Å². The molecule has 3 rings (SSSR count). The van der Waals surface area contributed by atoms with Gasteiger partial charge in [0.25, 0.3) is 5.91 Å². The molecule has 3 heterocycles. The molecule has 0 saturated carbocycles. The third-order valence-electron chi connectivity index (χ3n) is 3.91. The number of carbonyl (C=O) groups excluding carboxylic acids is 1. The second kappa shape index (κ2) is 5.62. The van der Waals surface area contributed by atoms with Crippen molar-refractivity contribution in [3.63, 3.8) is 0 Å². The number of amides is 1. The molecular formula is C15H18N4O4. The van der Waals surface area contributed by atoms with Crippen LogP contribution in [-0.4, -0.2) is 62.3 Å². The predicted molar refractivity (Wildman–Crippen MR) is 80.5 cm³/mol. The summed E-state index contributed by atoms with van der Waals surface area (Å²) < 4.78 is 6.81. The fourth-order valence-electron chi connectivity index (χ4n) is 2.82. The third kappa shape index (κ3) is 2.65. The highest BCUT2D eigenvalue weighted by atomic mass is 16.5. The summed E-state index contributed by atoms with van der Waals surface area (Å²) in [6, 6.07) is 1.89. The number of carboxylic acids is 1. The van der Waals surface area contributed by atoms with Crippen molar-refractivity contribution in [2.45, 2.75) is 26.9 Å². The number of carbonyl (C=O) groups is 2. The number of ether oxygens (including phenoxy) is 1. The van der Waals surface area contributed by atoms with Crippen LogP contribution in [-0.2, 0) is 9.53 Å². The Morgan fingerprint density at radius 1 is 1.35 bits per heavy atom. The molecule has 2 aromatic rings. The molecule has 8 heteroatoms. The molecule has 23 heavy (non-hydrogen) atoms. The van der Waals surface area contributed by atoms with Gasteiger partial charge in [-0.2, -0.15) is 5.10 Å². The molecule has 8 nitrogen and oxygen atoms in total. The van der Waals surface area contributed by atoms with Crippen molar-refractivity contribution in [3.8, 4) is 0 Å². The zero-order valence-electron chi connectivity index (χ0n) is 13.2. The van der Waals surface area contributed by atoms with Gasteiger partial charge in [-0.1, -0.05) is 0 Å². The number of fused-ring (bicyclic) bond motifs is 1. The van der Waals surface area contributed by atoms with Crippen molar-refractivity contribution in [2.75, 3.05) is 19.7 Å². The molecule has 0 aliphatic carbocycles. The summed E-state index contributed by atoms with van der Waals surface area (Å²) in [5, 5.41) is 13.5. The number of hydrogen-bond acceptors (Lipinski definition) is 5. The van der Waals surface area contributed by atoms with Gasteiger partial charge < -0.3 is 14.7 Å². The average molecular weight is 318 g/mol. The Labute approximate surface area is 132 Å². The Bertz CT molecular complexity index is 798. The van der Waals surface area contributed by atoms with Gasteiger partial charge in [0.15, 0.2) is 11.8 Å². The monoisotopic (exact) mass is 318 g/mol. The molecular weight excluding hydrogens is 300 g/mol. The van der Waals surface area contributed by atoms with Crippen LogP contribution >= 0.6 is 0 Å². The van der Waals surface area contributed by atoms with E-state index < -0.39 is 12.1 Å². The number of carboxylic acid groups (broad SMARTS) is 1. The molecule has 1 aliphatic heterocycles. The lowest BCUT2D eigenvalue weighted by Crippen LogP contribution is -2.48. The quantitative estimate of drug-likeness (QED) is 0.870. The van der Waals surface area contributed by atoms with Crippen molar-refractivity contribution in [1.29, 1.82) is 0 Å². The Kier molecular flexibility index (Phi) is 3.77. The maximum Gasteiger partial charge on any atom is 0.334 e. The van der Waals surface area contributed by atoms with Crippen molar-refractivity contribution in [3.05, 3.63) is 28.7 Å². The number of aliphatic carboxylic acids is 1. The second-order valence-corrected chi connectivity index (χ2v) is 5.68. The highest BCUT2D eigenvalue weighted by molar-refractivity contribution is 6.01. The van der Waals surface area contributed by atoms with Crippen molar-refractivity contribution >= 4 is 17.5 Å². The third-order valence-corrected chi connectivity index (χ3v) is 3.91. The lowest BCUT2D eigenvalue weighted by Gasteiger charge is -2.30. The van der Waals surface area contributed by atoms with Crippen molar-refractivity contribution in [2.24, 2.45) is 0 Å². The fraction of sp³-hybridized carbons (Fsp3) is 0.467. The number of hydrogen-bond donors (Lipinski definition) is 1. The maximum absolute atomic E-state index is 12.9. The van der Waals surface area contributed by atoms with Gasteiger partial charge in [-0.05, 0) is 26.8 Å². The van der Waals surface area contributed by atoms with E-state index in [1.165, 1.54) is 4.90 Å². The van der Waals surface area contributed by atoms with Gasteiger partial charge in [0, 0.05) is 17.9 Å². The van der Waals surface area contributed by atoms with Gasteiger partial charge >= 0.3 is 5.97 Å². The van der Waals surface area contributed by atoms with Crippen LogP contribution in [0.2, 0.25) is 0 Å². The first-order valence-corrected chi connectivity index (χ1v) is 7.35. The highest BCUT2D eigenvalue weighted by Gasteiger charge is 2.32. The minimum Gasteiger partial charge on any atom is -0.479 e. The number of aromatic nitrogens is 3. The zero-order chi connectivity index (χ0) is 16.7. The molecule has 0 unspecified atom stereocenters. The summed E-state index contributed by atoms with van der Waals surface area (Å²) in [4.78, 5) is 29.9. The molecule has 2 aromatic heterocycles. The van der Waals surface area contributed by atoms with Gasteiger partial charge in [-0.3, -0.25) is 4.79 Å². The highest BCUT2D eigenvalue weighted by Crippen LogP contribution is 2.19. The maximum atomic E-state index is 12.9. The van der Waals surface area contributed by atoms with Crippen LogP contribution in [0, 0.1) is 20.8 Å². The zero-order valence-corrected chi connectivity index (χ0v) is 13.2. The molecule has 0 bridgehead atoms. The molecule has 0 spiro atoms. The van der Waals surface area contributed by atoms with Crippen LogP contribution < -0.4 is 0 Å². The van der Waals surface area contributed by atoms with E-state index in [2.05, 4.69) is 10.1 Å². The minimum atomic E-state index is -1.07. The Hall–Kier alpha value is -2.48. The smallest absolute Gasteiger partial charge is 0.334 e. The van der Waals surface area contributed by atoms with E-state index >= 15 is 0 Å². The van der Waals surface area contributed by atoms with Gasteiger partial charge in [-0.25, -0.2) is 14.3 Å². The van der Waals surface area contributed by atoms with Crippen LogP contribution in [0.1, 0.15) is 27.4 Å². The summed E-state index contributed by atoms with van der Waals surface area (Å²) >= 11 is 0. The first kappa shape index (κ1) is 15.4. The lowest BCUT2D eigenvalue weighted by molar-refractivity contribution is -0.154. The molecule has 122 valence electrons. The molecule has 0 radical (unpaired) electrons. The average Bonchev–Trinajstić information content (AvgIpc) is 2.83. The number of aryl methyl sites for hydroxylation is 3. The summed E-state index contributed by atoms with van der Waals surface area (Å²) in [5.74, 6) is -1.33. The van der Waals surface area contributed by atoms with Crippen LogP contribution in [0.3, 0.4) is 0 Å². The standard InChI is InChI=1S/C15H18N4O4/c1-8-6-9(2)19-13(16-8)12(10(3)17-19)14(20)18-4-5-23-11(7-18)15(21)22/h6,11H,4-5,7H2,1-3H3,(H,21,22)/t11-/m0/s1. The molecule has 1 saturated heterocycles. The summed E-state index contributed by atoms with van der Waals surface area (Å²) in [5.41, 5.74) is 3.19. The summed E-state index contributed by atoms with van der Waals surface area (Å²) in [6.45, 7) is 6.09. The molecule has 1 N–H and O–H groups in total. The topological polar surface area (TPSA) is 97.0 Å². The van der Waals surface area contributed by atoms with Crippen molar-refractivity contribution in [1.82, 2.24) is 19.5 Å². The predicted octanol–water partition coefficient (Wildman–Crippen LogP) is 0.580.